The number of hydrogen-bond donors (Lipinski definition) is 1. The molecule has 1 aromatic rings. The third-order valence-electron chi connectivity index (χ3n) is 1.68. The number of fused-ring (bicyclic) bond motifs is 1. The number of aromatic nitrogens is 2. The number of imidazole rings is 1. The first-order chi connectivity index (χ1) is 4.88. The highest BCUT2D eigenvalue weighted by Crippen LogP contribution is 2.21. The van der Waals surface area contributed by atoms with Gasteiger partial charge in [-0.05, 0) is 12.8 Å². The molecule has 0 spiro atoms. The Balaban J connectivity index is 2.45. The Morgan fingerprint density at radius 1 is 1.70 bits per heavy atom. The van der Waals surface area contributed by atoms with Crippen LogP contribution in [0.1, 0.15) is 12.1 Å². The van der Waals surface area contributed by atoms with Crippen molar-refractivity contribution >= 4 is 28.7 Å². The van der Waals surface area contributed by atoms with Crippen LogP contribution in [0, 0.1) is 0 Å². The third-order valence-corrected chi connectivity index (χ3v) is 2.42. The van der Waals surface area contributed by atoms with Gasteiger partial charge < -0.3 is 5.32 Å². The molecule has 10 heavy (non-hydrogen) atoms. The van der Waals surface area contributed by atoms with Crippen LogP contribution in [-0.4, -0.2) is 14.3 Å². The Labute approximate surface area is 73.3 Å². The van der Waals surface area contributed by atoms with E-state index in [2.05, 4.69) is 33.2 Å². The summed E-state index contributed by atoms with van der Waals surface area (Å²) in [5, 5.41) is 3.30. The van der Waals surface area contributed by atoms with Gasteiger partial charge in [0.05, 0.1) is 28.6 Å². The van der Waals surface area contributed by atoms with E-state index in [0.29, 0.717) is 0 Å². The number of hydrogen-bond acceptors (Lipinski definition) is 2. The van der Waals surface area contributed by atoms with Crippen molar-refractivity contribution in [1.82, 2.24) is 7.76 Å². The van der Waals surface area contributed by atoms with Crippen LogP contribution in [0.5, 0.6) is 0 Å². The highest BCUT2D eigenvalue weighted by Gasteiger charge is 2.12. The van der Waals surface area contributed by atoms with Gasteiger partial charge in [0, 0.05) is 6.54 Å². The van der Waals surface area contributed by atoms with E-state index in [1.54, 1.807) is 0 Å². The minimum Gasteiger partial charge on any atom is -0.369 e. The molecular weight excluding hydrogens is 241 g/mol. The van der Waals surface area contributed by atoms with Crippen molar-refractivity contribution in [2.45, 2.75) is 12.8 Å². The zero-order chi connectivity index (χ0) is 6.97. The maximum atomic E-state index is 4.25. The fourth-order valence-corrected chi connectivity index (χ4v) is 1.76. The average molecular weight is 249 g/mol. The summed E-state index contributed by atoms with van der Waals surface area (Å²) >= 11 is 2.23. The first-order valence-corrected chi connectivity index (χ1v) is 4.30. The Hall–Kier alpha value is -0.260. The van der Waals surface area contributed by atoms with Crippen LogP contribution in [0.3, 0.4) is 0 Å². The molecule has 0 aromatic carbocycles. The van der Waals surface area contributed by atoms with Gasteiger partial charge in [0.15, 0.2) is 0 Å². The summed E-state index contributed by atoms with van der Waals surface area (Å²) in [5.41, 5.74) is 1.21. The van der Waals surface area contributed by atoms with Crippen molar-refractivity contribution < 1.29 is 0 Å². The largest absolute Gasteiger partial charge is 0.369 e. The van der Waals surface area contributed by atoms with Gasteiger partial charge in [0.25, 0.3) is 0 Å². The molecule has 3 nitrogen and oxygen atoms in total. The molecule has 1 aliphatic heterocycles. The van der Waals surface area contributed by atoms with Crippen molar-refractivity contribution in [3.05, 3.63) is 12.0 Å². The summed E-state index contributed by atoms with van der Waals surface area (Å²) < 4.78 is 2.01. The molecule has 0 saturated heterocycles. The molecule has 1 aliphatic rings. The van der Waals surface area contributed by atoms with Gasteiger partial charge in [-0.15, -0.1) is 0 Å². The Bertz CT molecular complexity index is 243. The van der Waals surface area contributed by atoms with Crippen LogP contribution in [-0.2, 0) is 6.42 Å². The zero-order valence-corrected chi connectivity index (χ0v) is 7.63. The summed E-state index contributed by atoms with van der Waals surface area (Å²) in [5.74, 6) is 1.19. The average Bonchev–Trinajstić information content (AvgIpc) is 2.34. The minimum atomic E-state index is 1.09. The van der Waals surface area contributed by atoms with Gasteiger partial charge in [-0.2, -0.15) is 0 Å². The van der Waals surface area contributed by atoms with E-state index in [1.807, 2.05) is 9.11 Å². The van der Waals surface area contributed by atoms with Crippen molar-refractivity contribution in [3.63, 3.8) is 0 Å². The van der Waals surface area contributed by atoms with E-state index >= 15 is 0 Å². The maximum absolute atomic E-state index is 4.25. The van der Waals surface area contributed by atoms with Crippen LogP contribution in [0.4, 0.5) is 5.82 Å². The van der Waals surface area contributed by atoms with E-state index in [1.165, 1.54) is 17.9 Å². The molecule has 4 heteroatoms. The summed E-state index contributed by atoms with van der Waals surface area (Å²) in [4.78, 5) is 4.25. The van der Waals surface area contributed by atoms with Gasteiger partial charge in [0.2, 0.25) is 0 Å². The molecule has 0 aliphatic carbocycles. The Morgan fingerprint density at radius 2 is 2.60 bits per heavy atom. The Morgan fingerprint density at radius 3 is 3.40 bits per heavy atom. The van der Waals surface area contributed by atoms with E-state index in [0.717, 1.165) is 13.0 Å². The van der Waals surface area contributed by atoms with Gasteiger partial charge in [0.1, 0.15) is 12.1 Å². The molecule has 0 fully saturated rings. The van der Waals surface area contributed by atoms with Crippen molar-refractivity contribution in [1.29, 1.82) is 0 Å². The molecule has 2 rings (SSSR count). The van der Waals surface area contributed by atoms with Crippen LogP contribution in [0.15, 0.2) is 6.33 Å². The molecule has 0 saturated carbocycles. The standard InChI is InChI=1S/C6H8IN3/c7-10-4-9-5-2-1-3-8-6(5)10/h4,8H,1-3H2. The van der Waals surface area contributed by atoms with E-state index in [-0.39, 0.29) is 0 Å². The second-order valence-corrected chi connectivity index (χ2v) is 3.42. The third kappa shape index (κ3) is 0.902. The number of nitrogens with zero attached hydrogens (tertiary/aromatic N) is 2. The van der Waals surface area contributed by atoms with Crippen LogP contribution < -0.4 is 5.32 Å². The van der Waals surface area contributed by atoms with Gasteiger partial charge in [-0.25, -0.2) is 4.98 Å². The van der Waals surface area contributed by atoms with Crippen molar-refractivity contribution in [2.75, 3.05) is 11.9 Å². The molecule has 0 atom stereocenters. The summed E-state index contributed by atoms with van der Waals surface area (Å²) in [6.45, 7) is 1.09. The predicted molar refractivity (Wildman–Crippen MR) is 48.5 cm³/mol. The van der Waals surface area contributed by atoms with Crippen LogP contribution >= 0.6 is 22.9 Å². The summed E-state index contributed by atoms with van der Waals surface area (Å²) in [6, 6.07) is 0. The van der Waals surface area contributed by atoms with Gasteiger partial charge >= 0.3 is 0 Å². The van der Waals surface area contributed by atoms with E-state index in [9.17, 15) is 0 Å². The van der Waals surface area contributed by atoms with Crippen molar-refractivity contribution in [2.24, 2.45) is 0 Å². The lowest BCUT2D eigenvalue weighted by Crippen LogP contribution is -2.12. The highest BCUT2D eigenvalue weighted by molar-refractivity contribution is 14.1. The molecule has 0 bridgehead atoms. The lowest BCUT2D eigenvalue weighted by atomic mass is 10.2. The normalized spacial score (nSPS) is 16.1. The van der Waals surface area contributed by atoms with Gasteiger partial charge in [-0.1, -0.05) is 0 Å². The second kappa shape index (κ2) is 2.41. The van der Waals surface area contributed by atoms with Crippen LogP contribution in [0.25, 0.3) is 0 Å². The smallest absolute Gasteiger partial charge is 0.138 e. The number of rotatable bonds is 0. The molecule has 1 aromatic heterocycles. The molecule has 0 radical (unpaired) electrons. The maximum Gasteiger partial charge on any atom is 0.138 e. The summed E-state index contributed by atoms with van der Waals surface area (Å²) in [7, 11) is 0. The minimum absolute atomic E-state index is 1.09. The topological polar surface area (TPSA) is 29.9 Å². The van der Waals surface area contributed by atoms with E-state index in [4.69, 9.17) is 0 Å². The van der Waals surface area contributed by atoms with E-state index < -0.39 is 0 Å². The quantitative estimate of drug-likeness (QED) is 0.705. The SMILES string of the molecule is In1cnc2c1NCCC2. The fraction of sp³-hybridized carbons (Fsp3) is 0.500. The molecule has 0 unspecified atom stereocenters. The van der Waals surface area contributed by atoms with Gasteiger partial charge in [-0.3, -0.25) is 2.78 Å². The molecule has 54 valence electrons. The molecule has 2 heterocycles. The molecular formula is C6H8IN3. The Kier molecular flexibility index (Phi) is 1.55. The monoisotopic (exact) mass is 249 g/mol. The number of aryl methyl sites for hydroxylation is 1. The zero-order valence-electron chi connectivity index (χ0n) is 5.47. The lowest BCUT2D eigenvalue weighted by Gasteiger charge is -2.12. The van der Waals surface area contributed by atoms with Crippen molar-refractivity contribution in [3.8, 4) is 0 Å². The highest BCUT2D eigenvalue weighted by atomic mass is 127. The predicted octanol–water partition coefficient (Wildman–Crippen LogP) is 1.44. The first-order valence-electron chi connectivity index (χ1n) is 3.34. The first kappa shape index (κ1) is 6.45. The lowest BCUT2D eigenvalue weighted by molar-refractivity contribution is 0.808. The number of nitrogens with one attached hydrogen (secondary N) is 1. The number of anilines is 1. The number of halogens is 1. The summed E-state index contributed by atoms with van der Waals surface area (Å²) in [6.07, 6.45) is 4.18. The second-order valence-electron chi connectivity index (χ2n) is 2.38. The van der Waals surface area contributed by atoms with Crippen LogP contribution in [0.2, 0.25) is 0 Å². The molecule has 0 amide bonds. The molecule has 1 N–H and O–H groups in total. The fourth-order valence-electron chi connectivity index (χ4n) is 1.19.